The van der Waals surface area contributed by atoms with Crippen LogP contribution in [-0.4, -0.2) is 35.4 Å². The van der Waals surface area contributed by atoms with Gasteiger partial charge in [0, 0.05) is 12.8 Å². The van der Waals surface area contributed by atoms with Gasteiger partial charge in [0.2, 0.25) is 5.91 Å². The van der Waals surface area contributed by atoms with Crippen molar-refractivity contribution in [1.29, 1.82) is 5.26 Å². The Morgan fingerprint density at radius 1 is 1.91 bits per heavy atom. The lowest BCUT2D eigenvalue weighted by Crippen LogP contribution is -2.43. The molecule has 0 aromatic rings. The maximum atomic E-state index is 11.1. The Labute approximate surface area is 70.4 Å². The fourth-order valence-corrected chi connectivity index (χ4v) is 2.11. The molecule has 3 nitrogen and oxygen atoms in total. The molecule has 1 aliphatic heterocycles. The van der Waals surface area contributed by atoms with Gasteiger partial charge in [-0.25, -0.2) is 0 Å². The first-order valence-electron chi connectivity index (χ1n) is 3.46. The molecule has 1 rings (SSSR count). The van der Waals surface area contributed by atoms with Crippen LogP contribution in [0, 0.1) is 11.3 Å². The second-order valence-corrected chi connectivity index (χ2v) is 3.57. The summed E-state index contributed by atoms with van der Waals surface area (Å²) in [6, 6.07) is 2.21. The van der Waals surface area contributed by atoms with Crippen molar-refractivity contribution >= 4 is 17.7 Å². The van der Waals surface area contributed by atoms with Crippen LogP contribution >= 0.6 is 11.8 Å². The Balaban J connectivity index is 2.52. The third kappa shape index (κ3) is 1.87. The zero-order valence-electron chi connectivity index (χ0n) is 6.41. The van der Waals surface area contributed by atoms with E-state index in [1.54, 1.807) is 23.7 Å². The van der Waals surface area contributed by atoms with E-state index in [2.05, 4.69) is 6.07 Å². The molecule has 1 amide bonds. The van der Waals surface area contributed by atoms with Crippen molar-refractivity contribution in [2.24, 2.45) is 0 Å². The van der Waals surface area contributed by atoms with E-state index in [-0.39, 0.29) is 11.9 Å². The van der Waals surface area contributed by atoms with Gasteiger partial charge in [-0.05, 0) is 0 Å². The fourth-order valence-electron chi connectivity index (χ4n) is 1.00. The summed E-state index contributed by atoms with van der Waals surface area (Å²) >= 11 is 1.61. The summed E-state index contributed by atoms with van der Waals surface area (Å²) in [5.41, 5.74) is 0. The molecule has 0 aromatic carbocycles. The lowest BCUT2D eigenvalue weighted by molar-refractivity contribution is -0.129. The number of hydrogen-bond donors (Lipinski definition) is 0. The van der Waals surface area contributed by atoms with E-state index in [1.807, 2.05) is 0 Å². The van der Waals surface area contributed by atoms with Crippen molar-refractivity contribution in [3.05, 3.63) is 0 Å². The molecule has 0 N–H and O–H groups in total. The Hall–Kier alpha value is -0.690. The molecule has 60 valence electrons. The van der Waals surface area contributed by atoms with Gasteiger partial charge in [-0.2, -0.15) is 5.26 Å². The standard InChI is InChI=1S/C7H10N2OS/c1-9-6(2-3-8)4-11-5-7(9)10/h6H,2,4-5H2,1H3. The highest BCUT2D eigenvalue weighted by Crippen LogP contribution is 2.17. The molecule has 11 heavy (non-hydrogen) atoms. The molecule has 1 saturated heterocycles. The molecule has 0 saturated carbocycles. The van der Waals surface area contributed by atoms with Crippen LogP contribution in [0.1, 0.15) is 6.42 Å². The summed E-state index contributed by atoms with van der Waals surface area (Å²) in [5, 5.41) is 8.43. The van der Waals surface area contributed by atoms with E-state index in [1.165, 1.54) is 0 Å². The monoisotopic (exact) mass is 170 g/mol. The first-order chi connectivity index (χ1) is 5.25. The molecule has 4 heteroatoms. The normalized spacial score (nSPS) is 24.9. The lowest BCUT2D eigenvalue weighted by atomic mass is 10.2. The molecule has 0 aromatic heterocycles. The zero-order valence-corrected chi connectivity index (χ0v) is 7.23. The molecule has 1 unspecified atom stereocenters. The van der Waals surface area contributed by atoms with Gasteiger partial charge in [0.1, 0.15) is 0 Å². The molecular formula is C7H10N2OS. The van der Waals surface area contributed by atoms with Gasteiger partial charge in [0.15, 0.2) is 0 Å². The lowest BCUT2D eigenvalue weighted by Gasteiger charge is -2.30. The summed E-state index contributed by atoms with van der Waals surface area (Å²) in [7, 11) is 1.77. The van der Waals surface area contributed by atoms with Gasteiger partial charge in [0.25, 0.3) is 0 Å². The minimum absolute atomic E-state index is 0.131. The summed E-state index contributed by atoms with van der Waals surface area (Å²) in [6.07, 6.45) is 0.454. The van der Waals surface area contributed by atoms with E-state index in [9.17, 15) is 4.79 Å². The molecule has 1 heterocycles. The molecule has 0 bridgehead atoms. The smallest absolute Gasteiger partial charge is 0.232 e. The molecule has 1 fully saturated rings. The summed E-state index contributed by atoms with van der Waals surface area (Å²) < 4.78 is 0. The van der Waals surface area contributed by atoms with Crippen LogP contribution in [-0.2, 0) is 4.79 Å². The molecule has 0 spiro atoms. The number of hydrogen-bond acceptors (Lipinski definition) is 3. The maximum Gasteiger partial charge on any atom is 0.232 e. The minimum Gasteiger partial charge on any atom is -0.340 e. The van der Waals surface area contributed by atoms with E-state index >= 15 is 0 Å². The van der Waals surface area contributed by atoms with Crippen LogP contribution in [0.25, 0.3) is 0 Å². The third-order valence-electron chi connectivity index (χ3n) is 1.80. The van der Waals surface area contributed by atoms with Gasteiger partial charge in [-0.3, -0.25) is 4.79 Å². The van der Waals surface area contributed by atoms with Crippen LogP contribution in [0.4, 0.5) is 0 Å². The number of rotatable bonds is 1. The van der Waals surface area contributed by atoms with Crippen LogP contribution in [0.5, 0.6) is 0 Å². The largest absolute Gasteiger partial charge is 0.340 e. The summed E-state index contributed by atoms with van der Waals surface area (Å²) in [5.74, 6) is 1.61. The molecule has 1 atom stereocenters. The van der Waals surface area contributed by atoms with E-state index in [4.69, 9.17) is 5.26 Å². The van der Waals surface area contributed by atoms with Crippen LogP contribution in [0.15, 0.2) is 0 Å². The van der Waals surface area contributed by atoms with Crippen molar-refractivity contribution < 1.29 is 4.79 Å². The first kappa shape index (κ1) is 8.41. The van der Waals surface area contributed by atoms with Crippen molar-refractivity contribution in [2.45, 2.75) is 12.5 Å². The SMILES string of the molecule is CN1C(=O)CSCC1CC#N. The van der Waals surface area contributed by atoms with Crippen LogP contribution in [0.3, 0.4) is 0 Å². The Morgan fingerprint density at radius 2 is 2.64 bits per heavy atom. The number of nitrogens with zero attached hydrogens (tertiary/aromatic N) is 2. The Morgan fingerprint density at radius 3 is 3.27 bits per heavy atom. The molecule has 0 aliphatic carbocycles. The zero-order chi connectivity index (χ0) is 8.27. The highest BCUT2D eigenvalue weighted by atomic mass is 32.2. The summed E-state index contributed by atoms with van der Waals surface area (Å²) in [4.78, 5) is 12.8. The fraction of sp³-hybridized carbons (Fsp3) is 0.714. The highest BCUT2D eigenvalue weighted by molar-refractivity contribution is 8.00. The van der Waals surface area contributed by atoms with Gasteiger partial charge in [-0.15, -0.1) is 11.8 Å². The van der Waals surface area contributed by atoms with Crippen molar-refractivity contribution in [3.63, 3.8) is 0 Å². The minimum atomic E-state index is 0.131. The van der Waals surface area contributed by atoms with Crippen molar-refractivity contribution in [1.82, 2.24) is 4.90 Å². The van der Waals surface area contributed by atoms with Gasteiger partial charge in [0.05, 0.1) is 24.3 Å². The van der Waals surface area contributed by atoms with Crippen LogP contribution in [0.2, 0.25) is 0 Å². The topological polar surface area (TPSA) is 44.1 Å². The van der Waals surface area contributed by atoms with E-state index < -0.39 is 0 Å². The van der Waals surface area contributed by atoms with E-state index in [0.29, 0.717) is 12.2 Å². The van der Waals surface area contributed by atoms with Gasteiger partial charge >= 0.3 is 0 Å². The third-order valence-corrected chi connectivity index (χ3v) is 2.88. The number of carbonyl (C=O) groups is 1. The second kappa shape index (κ2) is 3.63. The predicted octanol–water partition coefficient (Wildman–Crippen LogP) is 0.474. The first-order valence-corrected chi connectivity index (χ1v) is 4.61. The maximum absolute atomic E-state index is 11.1. The number of nitriles is 1. The van der Waals surface area contributed by atoms with Crippen LogP contribution < -0.4 is 0 Å². The van der Waals surface area contributed by atoms with Gasteiger partial charge < -0.3 is 4.90 Å². The van der Waals surface area contributed by atoms with Crippen molar-refractivity contribution in [2.75, 3.05) is 18.6 Å². The number of carbonyl (C=O) groups excluding carboxylic acids is 1. The molecular weight excluding hydrogens is 160 g/mol. The predicted molar refractivity (Wildman–Crippen MR) is 44.1 cm³/mol. The molecule has 0 radical (unpaired) electrons. The quantitative estimate of drug-likeness (QED) is 0.574. The van der Waals surface area contributed by atoms with E-state index in [0.717, 1.165) is 5.75 Å². The summed E-state index contributed by atoms with van der Waals surface area (Å²) in [6.45, 7) is 0. The average Bonchev–Trinajstić information content (AvgIpc) is 1.99. The van der Waals surface area contributed by atoms with Crippen molar-refractivity contribution in [3.8, 4) is 6.07 Å². The highest BCUT2D eigenvalue weighted by Gasteiger charge is 2.24. The average molecular weight is 170 g/mol. The Kier molecular flexibility index (Phi) is 2.77. The number of thioether (sulfide) groups is 1. The molecule has 1 aliphatic rings. The Bertz CT molecular complexity index is 199. The number of amides is 1. The van der Waals surface area contributed by atoms with Gasteiger partial charge in [-0.1, -0.05) is 0 Å². The second-order valence-electron chi connectivity index (χ2n) is 2.54.